The van der Waals surface area contributed by atoms with Gasteiger partial charge in [-0.05, 0) is 57.0 Å². The normalized spacial score (nSPS) is 16.1. The standard InChI is InChI=1S/C15H21BrN2O2/c1-2-18(10-11-5-7-17-8-6-11)15(20)13-9-12(16)3-4-14(13)19/h3-4,9,11,17,19H,2,5-8,10H2,1H3. The molecule has 0 aromatic heterocycles. The Balaban J connectivity index is 2.09. The van der Waals surface area contributed by atoms with Crippen molar-refractivity contribution in [1.82, 2.24) is 10.2 Å². The van der Waals surface area contributed by atoms with Gasteiger partial charge in [-0.3, -0.25) is 4.79 Å². The molecule has 0 spiro atoms. The molecule has 20 heavy (non-hydrogen) atoms. The van der Waals surface area contributed by atoms with Crippen molar-refractivity contribution >= 4 is 21.8 Å². The third-order valence-electron chi connectivity index (χ3n) is 3.80. The third kappa shape index (κ3) is 3.73. The third-order valence-corrected chi connectivity index (χ3v) is 4.29. The lowest BCUT2D eigenvalue weighted by atomic mass is 9.97. The van der Waals surface area contributed by atoms with Crippen LogP contribution in [0.3, 0.4) is 0 Å². The quantitative estimate of drug-likeness (QED) is 0.885. The van der Waals surface area contributed by atoms with Crippen LogP contribution in [0.2, 0.25) is 0 Å². The number of phenols is 1. The van der Waals surface area contributed by atoms with E-state index in [9.17, 15) is 9.90 Å². The van der Waals surface area contributed by atoms with Crippen molar-refractivity contribution in [1.29, 1.82) is 0 Å². The Morgan fingerprint density at radius 2 is 2.15 bits per heavy atom. The zero-order chi connectivity index (χ0) is 14.5. The summed E-state index contributed by atoms with van der Waals surface area (Å²) in [6.45, 7) is 5.46. The van der Waals surface area contributed by atoms with Gasteiger partial charge in [0.15, 0.2) is 0 Å². The molecule has 1 amide bonds. The minimum Gasteiger partial charge on any atom is -0.507 e. The number of hydrogen-bond donors (Lipinski definition) is 2. The Labute approximate surface area is 128 Å². The first-order valence-corrected chi connectivity index (χ1v) is 7.89. The van der Waals surface area contributed by atoms with Gasteiger partial charge in [-0.2, -0.15) is 0 Å². The Kier molecular flexibility index (Phi) is 5.43. The first kappa shape index (κ1) is 15.3. The van der Waals surface area contributed by atoms with Gasteiger partial charge in [0.05, 0.1) is 5.56 Å². The molecule has 0 atom stereocenters. The summed E-state index contributed by atoms with van der Waals surface area (Å²) in [7, 11) is 0. The van der Waals surface area contributed by atoms with Crippen LogP contribution < -0.4 is 5.32 Å². The number of piperidine rings is 1. The maximum atomic E-state index is 12.6. The summed E-state index contributed by atoms with van der Waals surface area (Å²) in [6, 6.07) is 4.97. The number of phenolic OH excluding ortho intramolecular Hbond substituents is 1. The van der Waals surface area contributed by atoms with Gasteiger partial charge < -0.3 is 15.3 Å². The molecular weight excluding hydrogens is 320 g/mol. The first-order chi connectivity index (χ1) is 9.61. The van der Waals surface area contributed by atoms with Crippen molar-refractivity contribution in [3.05, 3.63) is 28.2 Å². The summed E-state index contributed by atoms with van der Waals surface area (Å²) in [4.78, 5) is 14.4. The van der Waals surface area contributed by atoms with Crippen LogP contribution in [0, 0.1) is 5.92 Å². The molecule has 0 saturated carbocycles. The molecule has 0 radical (unpaired) electrons. The summed E-state index contributed by atoms with van der Waals surface area (Å²) in [5.41, 5.74) is 0.371. The predicted octanol–water partition coefficient (Wildman–Crippen LogP) is 2.62. The zero-order valence-corrected chi connectivity index (χ0v) is 13.3. The van der Waals surface area contributed by atoms with Gasteiger partial charge in [0.25, 0.3) is 5.91 Å². The average Bonchev–Trinajstić information content (AvgIpc) is 2.47. The number of nitrogens with zero attached hydrogens (tertiary/aromatic N) is 1. The van der Waals surface area contributed by atoms with Crippen molar-refractivity contribution in [3.63, 3.8) is 0 Å². The molecule has 1 aromatic rings. The lowest BCUT2D eigenvalue weighted by molar-refractivity contribution is 0.0723. The minimum absolute atomic E-state index is 0.0435. The minimum atomic E-state index is -0.0927. The summed E-state index contributed by atoms with van der Waals surface area (Å²) < 4.78 is 0.802. The second kappa shape index (κ2) is 7.09. The van der Waals surface area contributed by atoms with Crippen molar-refractivity contribution in [2.75, 3.05) is 26.2 Å². The molecule has 1 aromatic carbocycles. The molecule has 2 rings (SSSR count). The second-order valence-corrected chi connectivity index (χ2v) is 6.11. The topological polar surface area (TPSA) is 52.6 Å². The summed E-state index contributed by atoms with van der Waals surface area (Å²) in [5, 5.41) is 13.2. The molecule has 0 bridgehead atoms. The van der Waals surface area contributed by atoms with E-state index in [1.165, 1.54) is 0 Å². The zero-order valence-electron chi connectivity index (χ0n) is 11.7. The SMILES string of the molecule is CCN(CC1CCNCC1)C(=O)c1cc(Br)ccc1O. The lowest BCUT2D eigenvalue weighted by Crippen LogP contribution is -2.39. The number of rotatable bonds is 4. The van der Waals surface area contributed by atoms with Gasteiger partial charge in [0.2, 0.25) is 0 Å². The van der Waals surface area contributed by atoms with Crippen molar-refractivity contribution in [3.8, 4) is 5.75 Å². The molecule has 0 unspecified atom stereocenters. The number of nitrogens with one attached hydrogen (secondary N) is 1. The molecule has 0 aliphatic carbocycles. The fourth-order valence-electron chi connectivity index (χ4n) is 2.58. The van der Waals surface area contributed by atoms with E-state index in [2.05, 4.69) is 21.2 Å². The number of benzene rings is 1. The first-order valence-electron chi connectivity index (χ1n) is 7.10. The highest BCUT2D eigenvalue weighted by Gasteiger charge is 2.22. The van der Waals surface area contributed by atoms with Gasteiger partial charge in [-0.1, -0.05) is 15.9 Å². The Morgan fingerprint density at radius 3 is 2.80 bits per heavy atom. The number of amides is 1. The smallest absolute Gasteiger partial charge is 0.257 e. The fourth-order valence-corrected chi connectivity index (χ4v) is 2.94. The van der Waals surface area contributed by atoms with Gasteiger partial charge in [-0.25, -0.2) is 0 Å². The molecule has 2 N–H and O–H groups in total. The van der Waals surface area contributed by atoms with Crippen LogP contribution in [0.15, 0.2) is 22.7 Å². The van der Waals surface area contributed by atoms with Gasteiger partial charge in [-0.15, -0.1) is 0 Å². The van der Waals surface area contributed by atoms with Gasteiger partial charge in [0.1, 0.15) is 5.75 Å². The monoisotopic (exact) mass is 340 g/mol. The maximum absolute atomic E-state index is 12.6. The molecule has 1 aliphatic heterocycles. The van der Waals surface area contributed by atoms with Crippen LogP contribution in [0.4, 0.5) is 0 Å². The van der Waals surface area contributed by atoms with E-state index in [4.69, 9.17) is 0 Å². The van der Waals surface area contributed by atoms with Crippen molar-refractivity contribution in [2.45, 2.75) is 19.8 Å². The number of hydrogen-bond acceptors (Lipinski definition) is 3. The molecule has 1 saturated heterocycles. The predicted molar refractivity (Wildman–Crippen MR) is 83.0 cm³/mol. The van der Waals surface area contributed by atoms with Crippen LogP contribution in [0.5, 0.6) is 5.75 Å². The van der Waals surface area contributed by atoms with E-state index in [1.54, 1.807) is 18.2 Å². The largest absolute Gasteiger partial charge is 0.507 e. The highest BCUT2D eigenvalue weighted by atomic mass is 79.9. The van der Waals surface area contributed by atoms with Crippen molar-refractivity contribution < 1.29 is 9.90 Å². The van der Waals surface area contributed by atoms with E-state index < -0.39 is 0 Å². The molecule has 110 valence electrons. The number of carbonyl (C=O) groups is 1. The van der Waals surface area contributed by atoms with E-state index >= 15 is 0 Å². The molecule has 1 heterocycles. The second-order valence-electron chi connectivity index (χ2n) is 5.20. The highest BCUT2D eigenvalue weighted by molar-refractivity contribution is 9.10. The highest BCUT2D eigenvalue weighted by Crippen LogP contribution is 2.24. The molecule has 1 fully saturated rings. The number of aromatic hydroxyl groups is 1. The Bertz CT molecular complexity index is 473. The van der Waals surface area contributed by atoms with E-state index in [-0.39, 0.29) is 11.7 Å². The van der Waals surface area contributed by atoms with Gasteiger partial charge in [0, 0.05) is 17.6 Å². The van der Waals surface area contributed by atoms with Crippen molar-refractivity contribution in [2.24, 2.45) is 5.92 Å². The lowest BCUT2D eigenvalue weighted by Gasteiger charge is -2.29. The van der Waals surface area contributed by atoms with Gasteiger partial charge >= 0.3 is 0 Å². The Morgan fingerprint density at radius 1 is 1.45 bits per heavy atom. The molecule has 1 aliphatic rings. The summed E-state index contributed by atoms with van der Waals surface area (Å²) in [5.74, 6) is 0.501. The molecule has 4 nitrogen and oxygen atoms in total. The maximum Gasteiger partial charge on any atom is 0.257 e. The summed E-state index contributed by atoms with van der Waals surface area (Å²) >= 11 is 3.34. The summed E-state index contributed by atoms with van der Waals surface area (Å²) in [6.07, 6.45) is 2.21. The number of carbonyl (C=O) groups excluding carboxylic acids is 1. The van der Waals surface area contributed by atoms with Crippen LogP contribution in [-0.2, 0) is 0 Å². The van der Waals surface area contributed by atoms with E-state index in [0.29, 0.717) is 18.0 Å². The number of halogens is 1. The van der Waals surface area contributed by atoms with E-state index in [1.807, 2.05) is 11.8 Å². The van der Waals surface area contributed by atoms with Crippen LogP contribution in [-0.4, -0.2) is 42.1 Å². The Hall–Kier alpha value is -1.07. The van der Waals surface area contributed by atoms with Crippen LogP contribution in [0.25, 0.3) is 0 Å². The van der Waals surface area contributed by atoms with Crippen LogP contribution in [0.1, 0.15) is 30.1 Å². The molecular formula is C15H21BrN2O2. The van der Waals surface area contributed by atoms with Crippen LogP contribution >= 0.6 is 15.9 Å². The average molecular weight is 341 g/mol. The molecule has 5 heteroatoms. The fraction of sp³-hybridized carbons (Fsp3) is 0.533. The van der Waals surface area contributed by atoms with E-state index in [0.717, 1.165) is 36.9 Å².